The van der Waals surface area contributed by atoms with Gasteiger partial charge in [-0.15, -0.1) is 0 Å². The maximum atomic E-state index is 5.54. The Kier molecular flexibility index (Phi) is 5.09. The van der Waals surface area contributed by atoms with Gasteiger partial charge in [0.15, 0.2) is 11.5 Å². The predicted octanol–water partition coefficient (Wildman–Crippen LogP) is 4.18. The zero-order valence-electron chi connectivity index (χ0n) is 15.7. The highest BCUT2D eigenvalue weighted by Crippen LogP contribution is 2.40. The van der Waals surface area contributed by atoms with Crippen molar-refractivity contribution < 1.29 is 14.2 Å². The van der Waals surface area contributed by atoms with E-state index in [1.54, 1.807) is 12.4 Å². The lowest BCUT2D eigenvalue weighted by Crippen LogP contribution is -2.04. The molecule has 0 aliphatic carbocycles. The molecule has 8 heteroatoms. The molecule has 1 aliphatic heterocycles. The molecule has 28 heavy (non-hydrogen) atoms. The number of pyridine rings is 1. The Morgan fingerprint density at radius 1 is 1.07 bits per heavy atom. The van der Waals surface area contributed by atoms with E-state index >= 15 is 0 Å². The Bertz CT molecular complexity index is 963. The predicted molar refractivity (Wildman–Crippen MR) is 106 cm³/mol. The summed E-state index contributed by atoms with van der Waals surface area (Å²) in [6, 6.07) is 9.38. The Morgan fingerprint density at radius 2 is 2.00 bits per heavy atom. The van der Waals surface area contributed by atoms with Crippen LogP contribution in [0.1, 0.15) is 18.9 Å². The van der Waals surface area contributed by atoms with Crippen LogP contribution >= 0.6 is 0 Å². The van der Waals surface area contributed by atoms with E-state index in [4.69, 9.17) is 14.2 Å². The molecule has 1 aliphatic rings. The maximum absolute atomic E-state index is 5.54. The van der Waals surface area contributed by atoms with Crippen molar-refractivity contribution in [1.29, 1.82) is 0 Å². The van der Waals surface area contributed by atoms with Crippen molar-refractivity contribution in [3.8, 4) is 17.4 Å². The van der Waals surface area contributed by atoms with Crippen molar-refractivity contribution in [2.45, 2.75) is 20.3 Å². The van der Waals surface area contributed by atoms with Crippen LogP contribution in [0.5, 0.6) is 17.4 Å². The third kappa shape index (κ3) is 3.90. The molecule has 3 aromatic rings. The first kappa shape index (κ1) is 17.8. The Labute approximate surface area is 162 Å². The monoisotopic (exact) mass is 379 g/mol. The molecule has 0 fully saturated rings. The van der Waals surface area contributed by atoms with Crippen LogP contribution in [-0.2, 0) is 0 Å². The van der Waals surface area contributed by atoms with Gasteiger partial charge in [0.05, 0.1) is 24.2 Å². The van der Waals surface area contributed by atoms with Gasteiger partial charge in [0, 0.05) is 17.8 Å². The van der Waals surface area contributed by atoms with Crippen LogP contribution < -0.4 is 24.8 Å². The van der Waals surface area contributed by atoms with E-state index in [1.165, 1.54) is 0 Å². The summed E-state index contributed by atoms with van der Waals surface area (Å²) in [7, 11) is 0. The molecule has 1 aromatic carbocycles. The zero-order valence-corrected chi connectivity index (χ0v) is 15.7. The van der Waals surface area contributed by atoms with E-state index < -0.39 is 0 Å². The number of para-hydroxylation sites is 1. The summed E-state index contributed by atoms with van der Waals surface area (Å²) in [6.07, 6.45) is 4.39. The second-order valence-corrected chi connectivity index (χ2v) is 6.25. The Hall–Kier alpha value is -3.55. The van der Waals surface area contributed by atoms with Crippen LogP contribution in [0.3, 0.4) is 0 Å². The summed E-state index contributed by atoms with van der Waals surface area (Å²) >= 11 is 0. The minimum Gasteiger partial charge on any atom is -0.478 e. The van der Waals surface area contributed by atoms with Crippen LogP contribution in [0.15, 0.2) is 42.7 Å². The highest BCUT2D eigenvalue weighted by Gasteiger charge is 2.18. The molecule has 0 saturated carbocycles. The molecule has 2 aromatic heterocycles. The topological polar surface area (TPSA) is 90.4 Å². The summed E-state index contributed by atoms with van der Waals surface area (Å²) in [6.45, 7) is 4.86. The second kappa shape index (κ2) is 7.99. The smallest absolute Gasteiger partial charge is 0.231 e. The summed E-state index contributed by atoms with van der Waals surface area (Å²) in [5.41, 5.74) is 2.47. The fourth-order valence-corrected chi connectivity index (χ4v) is 2.66. The van der Waals surface area contributed by atoms with Gasteiger partial charge in [0.25, 0.3) is 0 Å². The lowest BCUT2D eigenvalue weighted by molar-refractivity contribution is 0.174. The van der Waals surface area contributed by atoms with E-state index in [0.29, 0.717) is 35.8 Å². The van der Waals surface area contributed by atoms with E-state index in [2.05, 4.69) is 32.5 Å². The summed E-state index contributed by atoms with van der Waals surface area (Å²) in [5.74, 6) is 3.13. The van der Waals surface area contributed by atoms with Crippen molar-refractivity contribution in [2.24, 2.45) is 0 Å². The van der Waals surface area contributed by atoms with E-state index in [-0.39, 0.29) is 6.79 Å². The second-order valence-electron chi connectivity index (χ2n) is 6.25. The van der Waals surface area contributed by atoms with Crippen LogP contribution in [0.25, 0.3) is 0 Å². The normalized spacial score (nSPS) is 11.9. The van der Waals surface area contributed by atoms with Gasteiger partial charge in [-0.2, -0.15) is 4.98 Å². The zero-order chi connectivity index (χ0) is 19.3. The van der Waals surface area contributed by atoms with Gasteiger partial charge >= 0.3 is 0 Å². The molecule has 0 spiro atoms. The van der Waals surface area contributed by atoms with Crippen molar-refractivity contribution in [3.05, 3.63) is 48.3 Å². The van der Waals surface area contributed by atoms with Crippen LogP contribution in [0.2, 0.25) is 0 Å². The molecule has 0 unspecified atom stereocenters. The van der Waals surface area contributed by atoms with E-state index in [0.717, 1.165) is 23.4 Å². The lowest BCUT2D eigenvalue weighted by Gasteiger charge is -2.12. The molecule has 0 radical (unpaired) electrons. The molecule has 4 rings (SSSR count). The Balaban J connectivity index is 1.50. The quantitative estimate of drug-likeness (QED) is 0.632. The molecule has 2 N–H and O–H groups in total. The standard InChI is InChI=1S/C20H21N5O3/c1-3-9-26-17-8-7-14(11-21-17)23-20-22-10-13(2)19(25-20)24-15-5-4-6-16-18(15)28-12-27-16/h4-8,10-11H,3,9,12H2,1-2H3,(H2,22,23,24,25). The van der Waals surface area contributed by atoms with Gasteiger partial charge in [-0.25, -0.2) is 9.97 Å². The number of hydrogen-bond acceptors (Lipinski definition) is 8. The molecular weight excluding hydrogens is 358 g/mol. The number of benzene rings is 1. The number of anilines is 4. The highest BCUT2D eigenvalue weighted by molar-refractivity contribution is 5.71. The molecule has 0 saturated heterocycles. The number of aryl methyl sites for hydroxylation is 1. The van der Waals surface area contributed by atoms with Crippen LogP contribution in [0.4, 0.5) is 23.1 Å². The van der Waals surface area contributed by atoms with Gasteiger partial charge in [-0.1, -0.05) is 13.0 Å². The first-order chi connectivity index (χ1) is 13.7. The number of fused-ring (bicyclic) bond motifs is 1. The third-order valence-corrected chi connectivity index (χ3v) is 4.07. The molecular formula is C20H21N5O3. The van der Waals surface area contributed by atoms with Crippen molar-refractivity contribution in [2.75, 3.05) is 24.0 Å². The Morgan fingerprint density at radius 3 is 2.82 bits per heavy atom. The van der Waals surface area contributed by atoms with E-state index in [1.807, 2.05) is 37.3 Å². The maximum Gasteiger partial charge on any atom is 0.231 e. The number of aromatic nitrogens is 3. The minimum atomic E-state index is 0.217. The third-order valence-electron chi connectivity index (χ3n) is 4.07. The first-order valence-electron chi connectivity index (χ1n) is 9.08. The van der Waals surface area contributed by atoms with Crippen molar-refractivity contribution in [3.63, 3.8) is 0 Å². The van der Waals surface area contributed by atoms with Crippen LogP contribution in [0, 0.1) is 6.92 Å². The molecule has 144 valence electrons. The lowest BCUT2D eigenvalue weighted by atomic mass is 10.2. The highest BCUT2D eigenvalue weighted by atomic mass is 16.7. The fraction of sp³-hybridized carbons (Fsp3) is 0.250. The van der Waals surface area contributed by atoms with Gasteiger partial charge in [0.1, 0.15) is 5.82 Å². The number of rotatable bonds is 7. The molecule has 0 bridgehead atoms. The van der Waals surface area contributed by atoms with Gasteiger partial charge < -0.3 is 24.8 Å². The summed E-state index contributed by atoms with van der Waals surface area (Å²) in [4.78, 5) is 13.2. The number of hydrogen-bond donors (Lipinski definition) is 2. The molecule has 0 amide bonds. The SMILES string of the molecule is CCCOc1ccc(Nc2ncc(C)c(Nc3cccc4c3OCO4)n2)cn1. The van der Waals surface area contributed by atoms with Gasteiger partial charge in [-0.05, 0) is 31.5 Å². The summed E-state index contributed by atoms with van der Waals surface area (Å²) < 4.78 is 16.5. The molecule has 0 atom stereocenters. The van der Waals surface area contributed by atoms with Crippen molar-refractivity contribution in [1.82, 2.24) is 15.0 Å². The van der Waals surface area contributed by atoms with Gasteiger partial charge in [-0.3, -0.25) is 0 Å². The first-order valence-corrected chi connectivity index (χ1v) is 9.08. The average molecular weight is 379 g/mol. The number of nitrogens with one attached hydrogen (secondary N) is 2. The van der Waals surface area contributed by atoms with Crippen LogP contribution in [-0.4, -0.2) is 28.4 Å². The number of ether oxygens (including phenoxy) is 3. The largest absolute Gasteiger partial charge is 0.478 e. The summed E-state index contributed by atoms with van der Waals surface area (Å²) in [5, 5.41) is 6.46. The molecule has 8 nitrogen and oxygen atoms in total. The molecule has 3 heterocycles. The van der Waals surface area contributed by atoms with E-state index in [9.17, 15) is 0 Å². The number of nitrogens with zero attached hydrogens (tertiary/aromatic N) is 3. The van der Waals surface area contributed by atoms with Crippen molar-refractivity contribution >= 4 is 23.1 Å². The van der Waals surface area contributed by atoms with Gasteiger partial charge in [0.2, 0.25) is 18.6 Å². The average Bonchev–Trinajstić information content (AvgIpc) is 3.20. The fourth-order valence-electron chi connectivity index (χ4n) is 2.66. The minimum absolute atomic E-state index is 0.217.